The van der Waals surface area contributed by atoms with Crippen LogP contribution in [0.15, 0.2) is 4.99 Å². The normalized spacial score (nSPS) is 15.1. The Morgan fingerprint density at radius 3 is 2.31 bits per heavy atom. The minimum atomic E-state index is -0.526. The smallest absolute Gasteiger partial charge is 0.186 e. The summed E-state index contributed by atoms with van der Waals surface area (Å²) in [5.41, 5.74) is 10.4. The lowest BCUT2D eigenvalue weighted by molar-refractivity contribution is -0.113. The number of hydrogen-bond acceptors (Lipinski definition) is 3. The molecule has 5 heteroatoms. The lowest BCUT2D eigenvalue weighted by atomic mass is 9.93. The van der Waals surface area contributed by atoms with Crippen LogP contribution in [0.2, 0.25) is 0 Å². The standard InChI is InChI=1S/C8H17N3O2/c1-5(2)7(11-8(9)10)6(3-12)4-13/h3,5-7,13H,4H2,1-2H3,(H4,9,10,11). The quantitative estimate of drug-likeness (QED) is 0.294. The molecule has 0 saturated carbocycles. The minimum Gasteiger partial charge on any atom is -0.396 e. The van der Waals surface area contributed by atoms with Crippen molar-refractivity contribution in [2.24, 2.45) is 28.3 Å². The molecular weight excluding hydrogens is 170 g/mol. The number of rotatable bonds is 5. The van der Waals surface area contributed by atoms with Crippen molar-refractivity contribution >= 4 is 12.2 Å². The molecule has 2 unspecified atom stereocenters. The fourth-order valence-corrected chi connectivity index (χ4v) is 1.14. The Bertz CT molecular complexity index is 188. The van der Waals surface area contributed by atoms with Crippen molar-refractivity contribution in [1.82, 2.24) is 0 Å². The van der Waals surface area contributed by atoms with Crippen LogP contribution in [0.1, 0.15) is 13.8 Å². The van der Waals surface area contributed by atoms with Crippen molar-refractivity contribution in [3.8, 4) is 0 Å². The van der Waals surface area contributed by atoms with Gasteiger partial charge in [-0.2, -0.15) is 0 Å². The van der Waals surface area contributed by atoms with E-state index in [1.165, 1.54) is 0 Å². The summed E-state index contributed by atoms with van der Waals surface area (Å²) in [5.74, 6) is -0.467. The van der Waals surface area contributed by atoms with Gasteiger partial charge in [0, 0.05) is 0 Å². The first-order valence-electron chi connectivity index (χ1n) is 4.17. The number of aliphatic hydroxyl groups excluding tert-OH is 1. The van der Waals surface area contributed by atoms with E-state index in [9.17, 15) is 4.79 Å². The highest BCUT2D eigenvalue weighted by Crippen LogP contribution is 2.14. The van der Waals surface area contributed by atoms with E-state index in [0.717, 1.165) is 0 Å². The van der Waals surface area contributed by atoms with Gasteiger partial charge in [-0.15, -0.1) is 0 Å². The average Bonchev–Trinajstić information content (AvgIpc) is 2.04. The van der Waals surface area contributed by atoms with Gasteiger partial charge in [0.15, 0.2) is 5.96 Å². The molecule has 0 aromatic rings. The van der Waals surface area contributed by atoms with Gasteiger partial charge in [-0.3, -0.25) is 0 Å². The monoisotopic (exact) mass is 187 g/mol. The van der Waals surface area contributed by atoms with Gasteiger partial charge in [-0.1, -0.05) is 13.8 Å². The Hall–Kier alpha value is -1.10. The second-order valence-corrected chi connectivity index (χ2v) is 3.27. The van der Waals surface area contributed by atoms with Gasteiger partial charge in [-0.05, 0) is 5.92 Å². The number of carbonyl (C=O) groups is 1. The van der Waals surface area contributed by atoms with Gasteiger partial charge in [0.25, 0.3) is 0 Å². The summed E-state index contributed by atoms with van der Waals surface area (Å²) in [7, 11) is 0. The molecular formula is C8H17N3O2. The van der Waals surface area contributed by atoms with Crippen LogP contribution in [-0.2, 0) is 4.79 Å². The number of guanidine groups is 1. The number of aliphatic hydroxyl groups is 1. The van der Waals surface area contributed by atoms with E-state index in [0.29, 0.717) is 6.29 Å². The molecule has 0 rings (SSSR count). The molecule has 0 saturated heterocycles. The molecule has 0 spiro atoms. The van der Waals surface area contributed by atoms with E-state index in [-0.39, 0.29) is 24.5 Å². The van der Waals surface area contributed by atoms with Crippen molar-refractivity contribution in [3.63, 3.8) is 0 Å². The molecule has 0 aliphatic rings. The van der Waals surface area contributed by atoms with E-state index in [4.69, 9.17) is 16.6 Å². The zero-order chi connectivity index (χ0) is 10.4. The van der Waals surface area contributed by atoms with Gasteiger partial charge in [0.05, 0.1) is 18.6 Å². The maximum absolute atomic E-state index is 10.6. The van der Waals surface area contributed by atoms with Crippen molar-refractivity contribution in [1.29, 1.82) is 0 Å². The first-order chi connectivity index (χ1) is 6.02. The second-order valence-electron chi connectivity index (χ2n) is 3.27. The fourth-order valence-electron chi connectivity index (χ4n) is 1.14. The number of aliphatic imine (C=N–C) groups is 1. The summed E-state index contributed by atoms with van der Waals surface area (Å²) in [5, 5.41) is 8.88. The molecule has 0 aliphatic heterocycles. The predicted octanol–water partition coefficient (Wildman–Crippen LogP) is -0.908. The lowest BCUT2D eigenvalue weighted by Gasteiger charge is -2.20. The highest BCUT2D eigenvalue weighted by atomic mass is 16.3. The summed E-state index contributed by atoms with van der Waals surface area (Å²) < 4.78 is 0. The Balaban J connectivity index is 4.58. The third kappa shape index (κ3) is 3.89. The molecule has 5 nitrogen and oxygen atoms in total. The second kappa shape index (κ2) is 5.53. The van der Waals surface area contributed by atoms with Crippen molar-refractivity contribution in [3.05, 3.63) is 0 Å². The van der Waals surface area contributed by atoms with Gasteiger partial charge < -0.3 is 21.4 Å². The molecule has 0 heterocycles. The van der Waals surface area contributed by atoms with Crippen LogP contribution in [-0.4, -0.2) is 30.0 Å². The van der Waals surface area contributed by atoms with Crippen molar-refractivity contribution in [2.45, 2.75) is 19.9 Å². The van der Waals surface area contributed by atoms with Crippen LogP contribution in [0.4, 0.5) is 0 Å². The molecule has 0 radical (unpaired) electrons. The molecule has 5 N–H and O–H groups in total. The molecule has 0 aromatic heterocycles. The highest BCUT2D eigenvalue weighted by molar-refractivity contribution is 5.76. The third-order valence-electron chi connectivity index (χ3n) is 1.81. The molecule has 0 amide bonds. The molecule has 0 fully saturated rings. The maximum atomic E-state index is 10.6. The van der Waals surface area contributed by atoms with E-state index in [1.807, 2.05) is 13.8 Å². The van der Waals surface area contributed by atoms with E-state index in [2.05, 4.69) is 4.99 Å². The summed E-state index contributed by atoms with van der Waals surface area (Å²) >= 11 is 0. The summed E-state index contributed by atoms with van der Waals surface area (Å²) in [4.78, 5) is 14.5. The first-order valence-corrected chi connectivity index (χ1v) is 4.17. The Morgan fingerprint density at radius 2 is 2.08 bits per heavy atom. The van der Waals surface area contributed by atoms with Gasteiger partial charge in [0.2, 0.25) is 0 Å². The van der Waals surface area contributed by atoms with Crippen LogP contribution >= 0.6 is 0 Å². The maximum Gasteiger partial charge on any atom is 0.186 e. The molecule has 13 heavy (non-hydrogen) atoms. The average molecular weight is 187 g/mol. The summed E-state index contributed by atoms with van der Waals surface area (Å²) in [6.45, 7) is 3.55. The van der Waals surface area contributed by atoms with Crippen LogP contribution in [0.25, 0.3) is 0 Å². The largest absolute Gasteiger partial charge is 0.396 e. The van der Waals surface area contributed by atoms with Crippen LogP contribution in [0.5, 0.6) is 0 Å². The van der Waals surface area contributed by atoms with Gasteiger partial charge in [0.1, 0.15) is 6.29 Å². The predicted molar refractivity (Wildman–Crippen MR) is 51.1 cm³/mol. The fraction of sp³-hybridized carbons (Fsp3) is 0.750. The zero-order valence-corrected chi connectivity index (χ0v) is 7.97. The van der Waals surface area contributed by atoms with Crippen LogP contribution < -0.4 is 11.5 Å². The molecule has 0 aromatic carbocycles. The Kier molecular flexibility index (Phi) is 5.06. The third-order valence-corrected chi connectivity index (χ3v) is 1.81. The molecule has 0 bridgehead atoms. The van der Waals surface area contributed by atoms with E-state index >= 15 is 0 Å². The van der Waals surface area contributed by atoms with Crippen LogP contribution in [0.3, 0.4) is 0 Å². The summed E-state index contributed by atoms with van der Waals surface area (Å²) in [6, 6.07) is -0.340. The van der Waals surface area contributed by atoms with E-state index in [1.54, 1.807) is 0 Å². The lowest BCUT2D eigenvalue weighted by Crippen LogP contribution is -2.33. The topological polar surface area (TPSA) is 102 Å². The Morgan fingerprint density at radius 1 is 1.54 bits per heavy atom. The van der Waals surface area contributed by atoms with Crippen molar-refractivity contribution in [2.75, 3.05) is 6.61 Å². The first kappa shape index (κ1) is 11.9. The molecule has 2 atom stereocenters. The number of aldehydes is 1. The number of nitrogens with two attached hydrogens (primary N) is 2. The molecule has 0 aliphatic carbocycles. The van der Waals surface area contributed by atoms with E-state index < -0.39 is 5.92 Å². The SMILES string of the molecule is CC(C)C(N=C(N)N)C(C=O)CO. The van der Waals surface area contributed by atoms with Gasteiger partial charge >= 0.3 is 0 Å². The Labute approximate surface area is 77.8 Å². The highest BCUT2D eigenvalue weighted by Gasteiger charge is 2.22. The zero-order valence-electron chi connectivity index (χ0n) is 7.97. The van der Waals surface area contributed by atoms with Crippen molar-refractivity contribution < 1.29 is 9.90 Å². The number of carbonyl (C=O) groups excluding carboxylic acids is 1. The number of nitrogens with zero attached hydrogens (tertiary/aromatic N) is 1. The van der Waals surface area contributed by atoms with Crippen LogP contribution in [0, 0.1) is 11.8 Å². The summed E-state index contributed by atoms with van der Waals surface area (Å²) in [6.07, 6.45) is 0.678. The number of hydrogen-bond donors (Lipinski definition) is 3. The van der Waals surface area contributed by atoms with Gasteiger partial charge in [-0.25, -0.2) is 4.99 Å². The molecule has 76 valence electrons. The minimum absolute atomic E-state index is 0.0565.